The molecule has 0 spiro atoms. The lowest BCUT2D eigenvalue weighted by Gasteiger charge is -2.31. The quantitative estimate of drug-likeness (QED) is 0.351. The number of hydroxylamine groups is 2. The molecular formula is C30H31ClN2O4. The molecule has 3 aromatic carbocycles. The summed E-state index contributed by atoms with van der Waals surface area (Å²) in [5, 5.41) is 1.30. The Kier molecular flexibility index (Phi) is 8.29. The summed E-state index contributed by atoms with van der Waals surface area (Å²) < 4.78 is 0. The maximum absolute atomic E-state index is 13.0. The van der Waals surface area contributed by atoms with Crippen LogP contribution in [0.25, 0.3) is 11.1 Å². The van der Waals surface area contributed by atoms with Crippen LogP contribution in [0.15, 0.2) is 66.7 Å². The van der Waals surface area contributed by atoms with Gasteiger partial charge in [0.25, 0.3) is 11.8 Å². The molecule has 2 heterocycles. The predicted octanol–water partition coefficient (Wildman–Crippen LogP) is 6.94. The number of imide groups is 1. The summed E-state index contributed by atoms with van der Waals surface area (Å²) in [5.41, 5.74) is 4.56. The van der Waals surface area contributed by atoms with Crippen LogP contribution in [0.3, 0.4) is 0 Å². The zero-order valence-electron chi connectivity index (χ0n) is 21.4. The second-order valence-electron chi connectivity index (χ2n) is 9.15. The Labute approximate surface area is 222 Å². The van der Waals surface area contributed by atoms with Gasteiger partial charge in [-0.2, -0.15) is 0 Å². The van der Waals surface area contributed by atoms with E-state index in [2.05, 4.69) is 0 Å². The molecule has 5 rings (SSSR count). The number of benzene rings is 3. The molecule has 3 aromatic rings. The number of halogens is 1. The van der Waals surface area contributed by atoms with Crippen LogP contribution in [0.5, 0.6) is 0 Å². The average Bonchev–Trinajstić information content (AvgIpc) is 3.15. The summed E-state index contributed by atoms with van der Waals surface area (Å²) in [4.78, 5) is 45.4. The van der Waals surface area contributed by atoms with E-state index in [9.17, 15) is 14.4 Å². The number of likely N-dealkylation sites (tertiary alicyclic amines) is 1. The zero-order valence-corrected chi connectivity index (χ0v) is 22.1. The van der Waals surface area contributed by atoms with Gasteiger partial charge in [-0.05, 0) is 73.1 Å². The smallest absolute Gasteiger partial charge is 0.310 e. The maximum atomic E-state index is 13.0. The molecule has 2 aliphatic heterocycles. The fourth-order valence-corrected chi connectivity index (χ4v) is 4.84. The summed E-state index contributed by atoms with van der Waals surface area (Å²) in [6.45, 7) is 7.02. The molecule has 1 fully saturated rings. The Bertz CT molecular complexity index is 1300. The van der Waals surface area contributed by atoms with Crippen molar-refractivity contribution >= 4 is 29.5 Å². The molecular weight excluding hydrogens is 488 g/mol. The van der Waals surface area contributed by atoms with Crippen LogP contribution in [-0.4, -0.2) is 41.0 Å². The third kappa shape index (κ3) is 5.86. The van der Waals surface area contributed by atoms with Crippen LogP contribution in [0.1, 0.15) is 58.5 Å². The molecule has 0 unspecified atom stereocenters. The highest BCUT2D eigenvalue weighted by atomic mass is 35.5. The highest BCUT2D eigenvalue weighted by Crippen LogP contribution is 2.30. The number of carbonyl (C=O) groups excluding carboxylic acids is 3. The van der Waals surface area contributed by atoms with Gasteiger partial charge in [0.15, 0.2) is 0 Å². The summed E-state index contributed by atoms with van der Waals surface area (Å²) in [6, 6.07) is 20.8. The Morgan fingerprint density at radius 1 is 0.892 bits per heavy atom. The summed E-state index contributed by atoms with van der Waals surface area (Å²) in [7, 11) is 0. The number of aryl methyl sites for hydroxylation is 1. The molecule has 0 radical (unpaired) electrons. The number of carbonyl (C=O) groups is 3. The van der Waals surface area contributed by atoms with E-state index in [-0.39, 0.29) is 11.1 Å². The van der Waals surface area contributed by atoms with Crippen molar-refractivity contribution in [2.45, 2.75) is 40.0 Å². The number of rotatable bonds is 4. The normalized spacial score (nSPS) is 15.2. The number of hydrogen-bond acceptors (Lipinski definition) is 4. The first-order chi connectivity index (χ1) is 17.9. The van der Waals surface area contributed by atoms with Crippen LogP contribution in [0, 0.1) is 12.8 Å². The lowest BCUT2D eigenvalue weighted by molar-refractivity contribution is -0.0594. The average molecular weight is 519 g/mol. The molecule has 37 heavy (non-hydrogen) atoms. The molecule has 1 saturated heterocycles. The first kappa shape index (κ1) is 26.4. The van der Waals surface area contributed by atoms with Crippen molar-refractivity contribution in [3.63, 3.8) is 0 Å². The number of piperidine rings is 1. The van der Waals surface area contributed by atoms with Crippen molar-refractivity contribution in [1.29, 1.82) is 0 Å². The predicted molar refractivity (Wildman–Crippen MR) is 144 cm³/mol. The lowest BCUT2D eigenvalue weighted by Crippen LogP contribution is -2.43. The van der Waals surface area contributed by atoms with Crippen molar-refractivity contribution in [2.75, 3.05) is 13.1 Å². The van der Waals surface area contributed by atoms with Crippen molar-refractivity contribution in [1.82, 2.24) is 9.96 Å². The van der Waals surface area contributed by atoms with Crippen LogP contribution < -0.4 is 0 Å². The topological polar surface area (TPSA) is 66.9 Å². The van der Waals surface area contributed by atoms with Gasteiger partial charge >= 0.3 is 6.09 Å². The molecule has 2 aliphatic rings. The van der Waals surface area contributed by atoms with Gasteiger partial charge in [0.2, 0.25) is 0 Å². The molecule has 0 saturated carbocycles. The standard InChI is InChI=1S/C28H25ClN2O4.C2H6/c1-18-3-2-4-21(15-18)22-7-10-24-25(17-22)27(33)31(26(24)32)35-28(34)30-13-11-20(12-14-30)16-19-5-8-23(29)9-6-19;1-2/h2-10,15,17,20H,11-14,16H2,1H3;1-2H3. The third-order valence-electron chi connectivity index (χ3n) is 6.68. The van der Waals surface area contributed by atoms with Gasteiger partial charge in [-0.1, -0.05) is 78.5 Å². The molecule has 0 N–H and O–H groups in total. The minimum absolute atomic E-state index is 0.237. The summed E-state index contributed by atoms with van der Waals surface area (Å²) >= 11 is 5.96. The minimum atomic E-state index is -0.677. The van der Waals surface area contributed by atoms with E-state index in [1.165, 1.54) is 5.56 Å². The van der Waals surface area contributed by atoms with E-state index in [0.717, 1.165) is 36.0 Å². The first-order valence-corrected chi connectivity index (χ1v) is 13.1. The van der Waals surface area contributed by atoms with Crippen LogP contribution in [0.4, 0.5) is 4.79 Å². The fraction of sp³-hybridized carbons (Fsp3) is 0.300. The summed E-state index contributed by atoms with van der Waals surface area (Å²) in [6.07, 6.45) is 1.88. The van der Waals surface area contributed by atoms with Crippen LogP contribution in [-0.2, 0) is 11.3 Å². The van der Waals surface area contributed by atoms with Gasteiger partial charge in [-0.15, -0.1) is 0 Å². The monoisotopic (exact) mass is 518 g/mol. The van der Waals surface area contributed by atoms with E-state index in [1.807, 2.05) is 69.3 Å². The van der Waals surface area contributed by atoms with E-state index in [0.29, 0.717) is 29.1 Å². The van der Waals surface area contributed by atoms with Gasteiger partial charge in [-0.25, -0.2) is 4.79 Å². The van der Waals surface area contributed by atoms with Gasteiger partial charge in [0.1, 0.15) is 0 Å². The molecule has 7 heteroatoms. The van der Waals surface area contributed by atoms with E-state index in [1.54, 1.807) is 23.1 Å². The Morgan fingerprint density at radius 3 is 2.22 bits per heavy atom. The van der Waals surface area contributed by atoms with E-state index in [4.69, 9.17) is 16.4 Å². The van der Waals surface area contributed by atoms with Crippen molar-refractivity contribution in [3.8, 4) is 11.1 Å². The summed E-state index contributed by atoms with van der Waals surface area (Å²) in [5.74, 6) is -0.795. The van der Waals surface area contributed by atoms with E-state index >= 15 is 0 Å². The molecule has 0 bridgehead atoms. The van der Waals surface area contributed by atoms with Crippen molar-refractivity contribution in [2.24, 2.45) is 5.92 Å². The molecule has 0 atom stereocenters. The fourth-order valence-electron chi connectivity index (χ4n) is 4.72. The van der Waals surface area contributed by atoms with Crippen molar-refractivity contribution in [3.05, 3.63) is 94.0 Å². The number of hydrogen-bond donors (Lipinski definition) is 0. The highest BCUT2D eigenvalue weighted by molar-refractivity contribution is 6.30. The van der Waals surface area contributed by atoms with Gasteiger partial charge < -0.3 is 9.74 Å². The Hall–Kier alpha value is -3.64. The maximum Gasteiger partial charge on any atom is 0.434 e. The minimum Gasteiger partial charge on any atom is -0.310 e. The SMILES string of the molecule is CC.Cc1cccc(-c2ccc3c(c2)C(=O)N(OC(=O)N2CCC(Cc4ccc(Cl)cc4)CC2)C3=O)c1. The third-order valence-corrected chi connectivity index (χ3v) is 6.93. The number of amides is 3. The number of nitrogens with zero attached hydrogens (tertiary/aromatic N) is 2. The number of fused-ring (bicyclic) bond motifs is 1. The Balaban J connectivity index is 0.00000156. The second-order valence-corrected chi connectivity index (χ2v) is 9.59. The van der Waals surface area contributed by atoms with Gasteiger partial charge in [0, 0.05) is 18.1 Å². The highest BCUT2D eigenvalue weighted by Gasteiger charge is 2.40. The lowest BCUT2D eigenvalue weighted by atomic mass is 9.90. The molecule has 192 valence electrons. The molecule has 0 aromatic heterocycles. The van der Waals surface area contributed by atoms with E-state index < -0.39 is 17.9 Å². The van der Waals surface area contributed by atoms with Gasteiger partial charge in [-0.3, -0.25) is 9.59 Å². The van der Waals surface area contributed by atoms with Gasteiger partial charge in [0.05, 0.1) is 11.1 Å². The zero-order chi connectivity index (χ0) is 26.5. The van der Waals surface area contributed by atoms with Crippen LogP contribution >= 0.6 is 11.6 Å². The first-order valence-electron chi connectivity index (χ1n) is 12.7. The second kappa shape index (κ2) is 11.6. The largest absolute Gasteiger partial charge is 0.434 e. The molecule has 0 aliphatic carbocycles. The van der Waals surface area contributed by atoms with Crippen molar-refractivity contribution < 1.29 is 19.2 Å². The Morgan fingerprint density at radius 2 is 1.54 bits per heavy atom. The molecule has 6 nitrogen and oxygen atoms in total. The van der Waals surface area contributed by atoms with Crippen LogP contribution in [0.2, 0.25) is 5.02 Å². The molecule has 3 amide bonds.